The molecular weight excluding hydrogens is 325 g/mol. The Balaban J connectivity index is 1.74. The van der Waals surface area contributed by atoms with Crippen LogP contribution in [0.3, 0.4) is 0 Å². The molecular formula is C19H18FNO4. The van der Waals surface area contributed by atoms with Gasteiger partial charge < -0.3 is 15.2 Å². The smallest absolute Gasteiger partial charge is 0.407 e. The number of rotatable bonds is 7. The van der Waals surface area contributed by atoms with Crippen molar-refractivity contribution in [3.8, 4) is 0 Å². The van der Waals surface area contributed by atoms with Crippen molar-refractivity contribution in [1.82, 2.24) is 5.32 Å². The first-order valence-corrected chi connectivity index (χ1v) is 7.70. The molecule has 6 heteroatoms. The Bertz CT molecular complexity index is 759. The quantitative estimate of drug-likeness (QED) is 0.749. The summed E-state index contributed by atoms with van der Waals surface area (Å²) in [5.74, 6) is -1.79. The van der Waals surface area contributed by atoms with E-state index in [1.165, 1.54) is 12.1 Å². The van der Waals surface area contributed by atoms with Crippen molar-refractivity contribution < 1.29 is 23.8 Å². The number of aromatic carboxylic acids is 1. The second-order valence-electron chi connectivity index (χ2n) is 5.22. The van der Waals surface area contributed by atoms with Crippen molar-refractivity contribution in [2.75, 3.05) is 6.54 Å². The maximum atomic E-state index is 13.1. The second kappa shape index (κ2) is 9.22. The van der Waals surface area contributed by atoms with Crippen molar-refractivity contribution >= 4 is 18.1 Å². The van der Waals surface area contributed by atoms with Crippen LogP contribution in [0.4, 0.5) is 9.18 Å². The van der Waals surface area contributed by atoms with Crippen LogP contribution in [0, 0.1) is 5.82 Å². The zero-order chi connectivity index (χ0) is 18.1. The van der Waals surface area contributed by atoms with Gasteiger partial charge in [-0.3, -0.25) is 0 Å². The fraction of sp³-hybridized carbons (Fsp3) is 0.158. The molecule has 25 heavy (non-hydrogen) atoms. The topological polar surface area (TPSA) is 75.6 Å². The molecule has 2 rings (SSSR count). The van der Waals surface area contributed by atoms with E-state index in [0.29, 0.717) is 18.5 Å². The van der Waals surface area contributed by atoms with E-state index in [0.717, 1.165) is 11.6 Å². The standard InChI is InChI=1S/C19H18FNO4/c20-16-10-9-15(17(12-16)18(22)23)8-4-5-11-21-19(24)25-13-14-6-2-1-3-7-14/h1-4,6-10,12H,5,11,13H2,(H,21,24)(H,22,23). The van der Waals surface area contributed by atoms with Crippen molar-refractivity contribution in [3.63, 3.8) is 0 Å². The molecule has 0 aliphatic heterocycles. The highest BCUT2D eigenvalue weighted by Gasteiger charge is 2.08. The predicted octanol–water partition coefficient (Wildman–Crippen LogP) is 3.85. The number of alkyl carbamates (subject to hydrolysis) is 1. The van der Waals surface area contributed by atoms with E-state index in [1.54, 1.807) is 12.2 Å². The first kappa shape index (κ1) is 18.2. The molecule has 2 aromatic rings. The summed E-state index contributed by atoms with van der Waals surface area (Å²) in [6.45, 7) is 0.536. The van der Waals surface area contributed by atoms with Crippen LogP contribution in [0.1, 0.15) is 27.9 Å². The number of carboxylic acids is 1. The molecule has 1 amide bonds. The van der Waals surface area contributed by atoms with Crippen molar-refractivity contribution in [2.45, 2.75) is 13.0 Å². The number of nitrogens with one attached hydrogen (secondary N) is 1. The highest BCUT2D eigenvalue weighted by Crippen LogP contribution is 2.13. The first-order valence-electron chi connectivity index (χ1n) is 7.70. The molecule has 0 atom stereocenters. The third kappa shape index (κ3) is 6.10. The van der Waals surface area contributed by atoms with Crippen LogP contribution in [0.5, 0.6) is 0 Å². The maximum Gasteiger partial charge on any atom is 0.407 e. The van der Waals surface area contributed by atoms with E-state index in [1.807, 2.05) is 30.3 Å². The lowest BCUT2D eigenvalue weighted by Gasteiger charge is -2.06. The van der Waals surface area contributed by atoms with Crippen LogP contribution in [0.25, 0.3) is 6.08 Å². The van der Waals surface area contributed by atoms with Gasteiger partial charge in [0, 0.05) is 6.54 Å². The maximum absolute atomic E-state index is 13.1. The van der Waals surface area contributed by atoms with Crippen LogP contribution in [0.2, 0.25) is 0 Å². The first-order chi connectivity index (χ1) is 12.1. The van der Waals surface area contributed by atoms with E-state index >= 15 is 0 Å². The largest absolute Gasteiger partial charge is 0.478 e. The molecule has 0 aromatic heterocycles. The van der Waals surface area contributed by atoms with E-state index in [4.69, 9.17) is 9.84 Å². The van der Waals surface area contributed by atoms with Gasteiger partial charge in [-0.15, -0.1) is 0 Å². The fourth-order valence-electron chi connectivity index (χ4n) is 2.10. The van der Waals surface area contributed by atoms with Gasteiger partial charge in [-0.25, -0.2) is 14.0 Å². The van der Waals surface area contributed by atoms with Crippen molar-refractivity contribution in [1.29, 1.82) is 0 Å². The molecule has 2 N–H and O–H groups in total. The lowest BCUT2D eigenvalue weighted by molar-refractivity contribution is 0.0696. The number of amides is 1. The van der Waals surface area contributed by atoms with Gasteiger partial charge in [0.25, 0.3) is 0 Å². The molecule has 2 aromatic carbocycles. The minimum atomic E-state index is -1.19. The normalized spacial score (nSPS) is 10.6. The highest BCUT2D eigenvalue weighted by atomic mass is 19.1. The Morgan fingerprint density at radius 1 is 1.16 bits per heavy atom. The summed E-state index contributed by atoms with van der Waals surface area (Å²) in [4.78, 5) is 22.6. The summed E-state index contributed by atoms with van der Waals surface area (Å²) in [5, 5.41) is 11.6. The summed E-state index contributed by atoms with van der Waals surface area (Å²) >= 11 is 0. The van der Waals surface area contributed by atoms with Crippen molar-refractivity contribution in [2.24, 2.45) is 0 Å². The van der Waals surface area contributed by atoms with Crippen LogP contribution < -0.4 is 5.32 Å². The molecule has 5 nitrogen and oxygen atoms in total. The lowest BCUT2D eigenvalue weighted by Crippen LogP contribution is -2.24. The number of ether oxygens (including phenoxy) is 1. The second-order valence-corrected chi connectivity index (χ2v) is 5.22. The van der Waals surface area contributed by atoms with Crippen LogP contribution in [-0.4, -0.2) is 23.7 Å². The van der Waals surface area contributed by atoms with Gasteiger partial charge in [0.15, 0.2) is 0 Å². The molecule has 0 bridgehead atoms. The molecule has 0 unspecified atom stereocenters. The number of hydrogen-bond donors (Lipinski definition) is 2. The van der Waals surface area contributed by atoms with Gasteiger partial charge in [-0.05, 0) is 29.7 Å². The lowest BCUT2D eigenvalue weighted by atomic mass is 10.1. The number of halogens is 1. The Morgan fingerprint density at radius 3 is 2.64 bits per heavy atom. The third-order valence-corrected chi connectivity index (χ3v) is 3.34. The Morgan fingerprint density at radius 2 is 1.92 bits per heavy atom. The Hall–Kier alpha value is -3.15. The molecule has 0 aliphatic carbocycles. The predicted molar refractivity (Wildman–Crippen MR) is 91.6 cm³/mol. The Labute approximate surface area is 144 Å². The van der Waals surface area contributed by atoms with E-state index in [-0.39, 0.29) is 12.2 Å². The van der Waals surface area contributed by atoms with E-state index in [9.17, 15) is 14.0 Å². The number of benzene rings is 2. The molecule has 0 saturated heterocycles. The Kier molecular flexibility index (Phi) is 6.71. The molecule has 0 radical (unpaired) electrons. The summed E-state index contributed by atoms with van der Waals surface area (Å²) in [6, 6.07) is 12.9. The minimum Gasteiger partial charge on any atom is -0.478 e. The van der Waals surface area contributed by atoms with Crippen LogP contribution in [-0.2, 0) is 11.3 Å². The van der Waals surface area contributed by atoms with Gasteiger partial charge in [-0.2, -0.15) is 0 Å². The fourth-order valence-corrected chi connectivity index (χ4v) is 2.10. The van der Waals surface area contributed by atoms with Gasteiger partial charge in [-0.1, -0.05) is 48.6 Å². The van der Waals surface area contributed by atoms with Crippen LogP contribution in [0.15, 0.2) is 54.6 Å². The minimum absolute atomic E-state index is 0.105. The monoisotopic (exact) mass is 343 g/mol. The van der Waals surface area contributed by atoms with Gasteiger partial charge in [0.05, 0.1) is 5.56 Å². The SMILES string of the molecule is O=C(NCCC=Cc1ccc(F)cc1C(=O)O)OCc1ccccc1. The van der Waals surface area contributed by atoms with E-state index in [2.05, 4.69) is 5.32 Å². The number of carboxylic acid groups (broad SMARTS) is 1. The zero-order valence-corrected chi connectivity index (χ0v) is 13.4. The third-order valence-electron chi connectivity index (χ3n) is 3.34. The molecule has 130 valence electrons. The number of carbonyl (C=O) groups is 2. The van der Waals surface area contributed by atoms with Gasteiger partial charge >= 0.3 is 12.1 Å². The molecule has 0 spiro atoms. The molecule has 0 fully saturated rings. The van der Waals surface area contributed by atoms with Crippen LogP contribution >= 0.6 is 0 Å². The van der Waals surface area contributed by atoms with Gasteiger partial charge in [0.1, 0.15) is 12.4 Å². The van der Waals surface area contributed by atoms with Gasteiger partial charge in [0.2, 0.25) is 0 Å². The molecule has 0 aliphatic rings. The summed E-state index contributed by atoms with van der Waals surface area (Å²) in [6.07, 6.45) is 3.25. The summed E-state index contributed by atoms with van der Waals surface area (Å²) in [7, 11) is 0. The van der Waals surface area contributed by atoms with Crippen molar-refractivity contribution in [3.05, 3.63) is 77.1 Å². The summed E-state index contributed by atoms with van der Waals surface area (Å²) in [5.41, 5.74) is 1.20. The highest BCUT2D eigenvalue weighted by molar-refractivity contribution is 5.92. The summed E-state index contributed by atoms with van der Waals surface area (Å²) < 4.78 is 18.1. The number of hydrogen-bond acceptors (Lipinski definition) is 3. The average molecular weight is 343 g/mol. The molecule has 0 heterocycles. The number of carbonyl (C=O) groups excluding carboxylic acids is 1. The molecule has 0 saturated carbocycles. The van der Waals surface area contributed by atoms with E-state index < -0.39 is 17.9 Å². The zero-order valence-electron chi connectivity index (χ0n) is 13.4. The average Bonchev–Trinajstić information content (AvgIpc) is 2.61.